The number of hydrogen-bond donors (Lipinski definition) is 1. The van der Waals surface area contributed by atoms with Gasteiger partial charge in [-0.25, -0.2) is 4.39 Å². The fraction of sp³-hybridized carbons (Fsp3) is 0.538. The van der Waals surface area contributed by atoms with Crippen molar-refractivity contribution >= 4 is 11.6 Å². The van der Waals surface area contributed by atoms with Gasteiger partial charge in [-0.05, 0) is 51.0 Å². The Hall–Kier alpha value is -0.600. The fourth-order valence-corrected chi connectivity index (χ4v) is 1.37. The highest BCUT2D eigenvalue weighted by atomic mass is 35.5. The molecule has 0 saturated carbocycles. The molecule has 1 unspecified atom stereocenters. The van der Waals surface area contributed by atoms with Crippen LogP contribution in [-0.2, 0) is 6.54 Å². The van der Waals surface area contributed by atoms with Gasteiger partial charge in [0.15, 0.2) is 0 Å². The maximum Gasteiger partial charge on any atom is 0.123 e. The summed E-state index contributed by atoms with van der Waals surface area (Å²) < 4.78 is 13.1. The van der Waals surface area contributed by atoms with Crippen molar-refractivity contribution in [1.82, 2.24) is 5.32 Å². The second kappa shape index (κ2) is 5.15. The summed E-state index contributed by atoms with van der Waals surface area (Å²) in [6, 6.07) is 4.84. The summed E-state index contributed by atoms with van der Waals surface area (Å²) in [5.74, 6) is -0.195. The zero-order valence-electron chi connectivity index (χ0n) is 10.3. The minimum absolute atomic E-state index is 0.0152. The van der Waals surface area contributed by atoms with Crippen molar-refractivity contribution < 1.29 is 4.39 Å². The number of rotatable bonds is 4. The average molecular weight is 244 g/mol. The third kappa shape index (κ3) is 3.46. The van der Waals surface area contributed by atoms with Gasteiger partial charge in [0.1, 0.15) is 5.82 Å². The molecule has 0 heterocycles. The first kappa shape index (κ1) is 13.5. The Bertz CT molecular complexity index is 361. The van der Waals surface area contributed by atoms with E-state index in [1.54, 1.807) is 12.1 Å². The van der Waals surface area contributed by atoms with Crippen LogP contribution in [0.25, 0.3) is 0 Å². The van der Waals surface area contributed by atoms with Crippen LogP contribution >= 0.6 is 11.6 Å². The van der Waals surface area contributed by atoms with Gasteiger partial charge in [0.2, 0.25) is 0 Å². The first-order valence-corrected chi connectivity index (χ1v) is 5.90. The smallest absolute Gasteiger partial charge is 0.123 e. The van der Waals surface area contributed by atoms with E-state index in [1.165, 1.54) is 6.07 Å². The molecule has 0 amide bonds. The van der Waals surface area contributed by atoms with Crippen LogP contribution in [0, 0.1) is 12.7 Å². The van der Waals surface area contributed by atoms with Gasteiger partial charge in [0.25, 0.3) is 0 Å². The summed E-state index contributed by atoms with van der Waals surface area (Å²) in [7, 11) is 0. The molecule has 0 saturated heterocycles. The van der Waals surface area contributed by atoms with Gasteiger partial charge in [-0.2, -0.15) is 0 Å². The SMILES string of the molecule is Cc1ccc(F)cc1CNC(C)(C)C(C)Cl. The van der Waals surface area contributed by atoms with Crippen molar-refractivity contribution in [2.45, 2.75) is 45.2 Å². The Kier molecular flexibility index (Phi) is 4.34. The summed E-state index contributed by atoms with van der Waals surface area (Å²) >= 11 is 6.07. The fourth-order valence-electron chi connectivity index (χ4n) is 1.29. The van der Waals surface area contributed by atoms with Crippen molar-refractivity contribution in [3.05, 3.63) is 35.1 Å². The highest BCUT2D eigenvalue weighted by Crippen LogP contribution is 2.17. The molecule has 3 heteroatoms. The van der Waals surface area contributed by atoms with E-state index in [-0.39, 0.29) is 16.7 Å². The van der Waals surface area contributed by atoms with Crippen LogP contribution in [-0.4, -0.2) is 10.9 Å². The summed E-state index contributed by atoms with van der Waals surface area (Å²) in [5, 5.41) is 3.36. The molecule has 1 nitrogen and oxygen atoms in total. The summed E-state index contributed by atoms with van der Waals surface area (Å²) in [6.07, 6.45) is 0. The van der Waals surface area contributed by atoms with Gasteiger partial charge in [-0.15, -0.1) is 11.6 Å². The molecular weight excluding hydrogens is 225 g/mol. The molecule has 1 rings (SSSR count). The Labute approximate surface area is 102 Å². The maximum absolute atomic E-state index is 13.1. The van der Waals surface area contributed by atoms with E-state index in [0.29, 0.717) is 6.54 Å². The molecule has 1 atom stereocenters. The van der Waals surface area contributed by atoms with Gasteiger partial charge in [0.05, 0.1) is 0 Å². The minimum atomic E-state index is -0.195. The number of benzene rings is 1. The van der Waals surface area contributed by atoms with Crippen LogP contribution in [0.15, 0.2) is 18.2 Å². The van der Waals surface area contributed by atoms with Gasteiger partial charge < -0.3 is 5.32 Å². The molecule has 16 heavy (non-hydrogen) atoms. The third-order valence-corrected chi connectivity index (χ3v) is 3.59. The second-order valence-electron chi connectivity index (χ2n) is 4.76. The highest BCUT2D eigenvalue weighted by molar-refractivity contribution is 6.21. The molecule has 1 aromatic rings. The third-order valence-electron chi connectivity index (χ3n) is 3.04. The molecular formula is C13H19ClFN. The van der Waals surface area contributed by atoms with Crippen molar-refractivity contribution in [3.63, 3.8) is 0 Å². The summed E-state index contributed by atoms with van der Waals surface area (Å²) in [5.41, 5.74) is 1.90. The quantitative estimate of drug-likeness (QED) is 0.797. The molecule has 0 aliphatic heterocycles. The van der Waals surface area contributed by atoms with E-state index >= 15 is 0 Å². The first-order valence-electron chi connectivity index (χ1n) is 5.47. The average Bonchev–Trinajstić information content (AvgIpc) is 2.19. The Balaban J connectivity index is 2.71. The number of aryl methyl sites for hydroxylation is 1. The van der Waals surface area contributed by atoms with Crippen LogP contribution in [0.1, 0.15) is 31.9 Å². The molecule has 0 spiro atoms. The molecule has 0 aliphatic rings. The van der Waals surface area contributed by atoms with E-state index < -0.39 is 0 Å². The van der Waals surface area contributed by atoms with Crippen LogP contribution in [0.3, 0.4) is 0 Å². The van der Waals surface area contributed by atoms with E-state index in [2.05, 4.69) is 5.32 Å². The topological polar surface area (TPSA) is 12.0 Å². The van der Waals surface area contributed by atoms with Crippen molar-refractivity contribution in [3.8, 4) is 0 Å². The largest absolute Gasteiger partial charge is 0.306 e. The molecule has 0 bridgehead atoms. The monoisotopic (exact) mass is 243 g/mol. The number of alkyl halides is 1. The lowest BCUT2D eigenvalue weighted by Gasteiger charge is -2.29. The number of nitrogens with one attached hydrogen (secondary N) is 1. The van der Waals surface area contributed by atoms with Crippen LogP contribution in [0.2, 0.25) is 0 Å². The standard InChI is InChI=1S/C13H19ClFN/c1-9-5-6-12(15)7-11(9)8-16-13(3,4)10(2)14/h5-7,10,16H,8H2,1-4H3. The normalized spacial score (nSPS) is 13.9. The minimum Gasteiger partial charge on any atom is -0.306 e. The molecule has 0 aromatic heterocycles. The first-order chi connectivity index (χ1) is 7.33. The molecule has 0 aliphatic carbocycles. The predicted molar refractivity (Wildman–Crippen MR) is 67.4 cm³/mol. The van der Waals surface area contributed by atoms with Crippen LogP contribution in [0.5, 0.6) is 0 Å². The lowest BCUT2D eigenvalue weighted by molar-refractivity contribution is 0.379. The summed E-state index contributed by atoms with van der Waals surface area (Å²) in [4.78, 5) is 0. The second-order valence-corrected chi connectivity index (χ2v) is 5.42. The van der Waals surface area contributed by atoms with E-state index in [1.807, 2.05) is 27.7 Å². The molecule has 90 valence electrons. The van der Waals surface area contributed by atoms with Gasteiger partial charge in [0, 0.05) is 17.5 Å². The number of hydrogen-bond acceptors (Lipinski definition) is 1. The van der Waals surface area contributed by atoms with Crippen molar-refractivity contribution in [2.75, 3.05) is 0 Å². The van der Waals surface area contributed by atoms with Gasteiger partial charge >= 0.3 is 0 Å². The zero-order valence-corrected chi connectivity index (χ0v) is 11.0. The lowest BCUT2D eigenvalue weighted by Crippen LogP contribution is -2.45. The van der Waals surface area contributed by atoms with Crippen LogP contribution in [0.4, 0.5) is 4.39 Å². The lowest BCUT2D eigenvalue weighted by atomic mass is 10.00. The molecule has 0 fully saturated rings. The Morgan fingerprint density at radius 1 is 1.44 bits per heavy atom. The van der Waals surface area contributed by atoms with Crippen molar-refractivity contribution in [1.29, 1.82) is 0 Å². The van der Waals surface area contributed by atoms with Gasteiger partial charge in [-0.3, -0.25) is 0 Å². The highest BCUT2D eigenvalue weighted by Gasteiger charge is 2.23. The van der Waals surface area contributed by atoms with E-state index in [0.717, 1.165) is 11.1 Å². The summed E-state index contributed by atoms with van der Waals surface area (Å²) in [6.45, 7) is 8.65. The van der Waals surface area contributed by atoms with Crippen molar-refractivity contribution in [2.24, 2.45) is 0 Å². The molecule has 0 radical (unpaired) electrons. The zero-order chi connectivity index (χ0) is 12.3. The maximum atomic E-state index is 13.1. The van der Waals surface area contributed by atoms with Gasteiger partial charge in [-0.1, -0.05) is 6.07 Å². The molecule has 1 aromatic carbocycles. The number of halogens is 2. The van der Waals surface area contributed by atoms with Crippen LogP contribution < -0.4 is 5.32 Å². The van der Waals surface area contributed by atoms with E-state index in [9.17, 15) is 4.39 Å². The van der Waals surface area contributed by atoms with E-state index in [4.69, 9.17) is 11.6 Å². The molecule has 1 N–H and O–H groups in total. The Morgan fingerprint density at radius 3 is 2.62 bits per heavy atom. The Morgan fingerprint density at radius 2 is 2.06 bits per heavy atom. The predicted octanol–water partition coefficient (Wildman–Crippen LogP) is 3.63.